The molecule has 0 unspecified atom stereocenters. The standard InChI is InChI=1S/C31H35ClN6O2/c1-21-27(17-23(32)18-34-21)30(39)35-24-10-8-22(9-11-24)20-37-28-6-2-3-7-29(28)38(31(37)40)25-12-15-36(16-13-25)26-5-4-14-33-19-26/h2-7,14,17-19,22,24-25H,8-13,15-16,20H2,1H3,(H,35,39)/t22-,24-. The molecule has 4 heterocycles. The highest BCUT2D eigenvalue weighted by molar-refractivity contribution is 6.30. The molecule has 1 aromatic carbocycles. The maximum Gasteiger partial charge on any atom is 0.329 e. The van der Waals surface area contributed by atoms with E-state index in [1.165, 1.54) is 0 Å². The van der Waals surface area contributed by atoms with Crippen molar-refractivity contribution in [2.45, 2.75) is 64.1 Å². The van der Waals surface area contributed by atoms with Crippen LogP contribution in [-0.4, -0.2) is 44.1 Å². The number of aromatic nitrogens is 4. The van der Waals surface area contributed by atoms with E-state index in [1.807, 2.05) is 40.5 Å². The lowest BCUT2D eigenvalue weighted by atomic mass is 9.85. The lowest BCUT2D eigenvalue weighted by molar-refractivity contribution is 0.0919. The Kier molecular flexibility index (Phi) is 7.61. The summed E-state index contributed by atoms with van der Waals surface area (Å²) in [6.07, 6.45) is 10.8. The first-order valence-corrected chi connectivity index (χ1v) is 14.6. The molecule has 4 aromatic rings. The molecule has 208 valence electrons. The molecule has 1 aliphatic heterocycles. The Morgan fingerprint density at radius 1 is 1.00 bits per heavy atom. The number of hydrogen-bond donors (Lipinski definition) is 1. The van der Waals surface area contributed by atoms with E-state index in [0.29, 0.717) is 28.7 Å². The van der Waals surface area contributed by atoms with Gasteiger partial charge < -0.3 is 10.2 Å². The number of para-hydroxylation sites is 2. The summed E-state index contributed by atoms with van der Waals surface area (Å²) in [5, 5.41) is 3.63. The van der Waals surface area contributed by atoms with Gasteiger partial charge in [0.15, 0.2) is 0 Å². The van der Waals surface area contributed by atoms with Crippen LogP contribution in [0.4, 0.5) is 5.69 Å². The van der Waals surface area contributed by atoms with Crippen molar-refractivity contribution in [3.8, 4) is 0 Å². The molecule has 6 rings (SSSR count). The van der Waals surface area contributed by atoms with Gasteiger partial charge in [-0.3, -0.25) is 23.9 Å². The van der Waals surface area contributed by atoms with Crippen LogP contribution in [0.3, 0.4) is 0 Å². The van der Waals surface area contributed by atoms with Crippen molar-refractivity contribution in [2.24, 2.45) is 5.92 Å². The number of halogens is 1. The number of carbonyl (C=O) groups is 1. The number of imidazole rings is 1. The number of anilines is 1. The van der Waals surface area contributed by atoms with Gasteiger partial charge in [0.1, 0.15) is 0 Å². The van der Waals surface area contributed by atoms with Crippen LogP contribution in [0.2, 0.25) is 5.02 Å². The van der Waals surface area contributed by atoms with E-state index in [-0.39, 0.29) is 23.7 Å². The number of rotatable bonds is 6. The summed E-state index contributed by atoms with van der Waals surface area (Å²) in [6, 6.07) is 14.2. The summed E-state index contributed by atoms with van der Waals surface area (Å²) < 4.78 is 4.04. The molecule has 40 heavy (non-hydrogen) atoms. The lowest BCUT2D eigenvalue weighted by Gasteiger charge is -2.33. The van der Waals surface area contributed by atoms with Gasteiger partial charge in [0.2, 0.25) is 0 Å². The van der Waals surface area contributed by atoms with E-state index in [4.69, 9.17) is 11.6 Å². The van der Waals surface area contributed by atoms with Crippen LogP contribution in [-0.2, 0) is 6.54 Å². The number of piperidine rings is 1. The van der Waals surface area contributed by atoms with Gasteiger partial charge in [-0.25, -0.2) is 4.79 Å². The number of benzene rings is 1. The monoisotopic (exact) mass is 558 g/mol. The Morgan fingerprint density at radius 3 is 2.48 bits per heavy atom. The lowest BCUT2D eigenvalue weighted by Crippen LogP contribution is -2.39. The normalized spacial score (nSPS) is 20.1. The van der Waals surface area contributed by atoms with Crippen LogP contribution in [0.15, 0.2) is 65.8 Å². The number of hydrogen-bond acceptors (Lipinski definition) is 5. The molecule has 2 aliphatic rings. The second-order valence-electron chi connectivity index (χ2n) is 11.2. The van der Waals surface area contributed by atoms with Crippen LogP contribution in [0.5, 0.6) is 0 Å². The maximum absolute atomic E-state index is 13.9. The SMILES string of the molecule is Cc1ncc(Cl)cc1C(=O)N[C@H]1CC[C@H](Cn2c(=O)n(C3CCN(c4cccnc4)CC3)c3ccccc32)CC1. The second kappa shape index (κ2) is 11.5. The summed E-state index contributed by atoms with van der Waals surface area (Å²) in [5.41, 5.74) is 4.48. The van der Waals surface area contributed by atoms with E-state index in [0.717, 1.165) is 68.3 Å². The van der Waals surface area contributed by atoms with E-state index in [2.05, 4.69) is 38.4 Å². The van der Waals surface area contributed by atoms with Crippen LogP contribution in [0.1, 0.15) is 60.6 Å². The van der Waals surface area contributed by atoms with Gasteiger partial charge in [0, 0.05) is 44.1 Å². The average molecular weight is 559 g/mol. The number of amides is 1. The first-order chi connectivity index (χ1) is 19.5. The molecule has 3 aromatic heterocycles. The average Bonchev–Trinajstić information content (AvgIpc) is 3.26. The van der Waals surface area contributed by atoms with Gasteiger partial charge in [-0.2, -0.15) is 0 Å². The molecule has 8 nitrogen and oxygen atoms in total. The molecular formula is C31H35ClN6O2. The zero-order chi connectivity index (χ0) is 27.6. The minimum atomic E-state index is -0.121. The Balaban J connectivity index is 1.12. The van der Waals surface area contributed by atoms with Crippen molar-refractivity contribution in [2.75, 3.05) is 18.0 Å². The highest BCUT2D eigenvalue weighted by Crippen LogP contribution is 2.30. The fraction of sp³-hybridized carbons (Fsp3) is 0.419. The number of pyridine rings is 2. The molecule has 1 N–H and O–H groups in total. The topological polar surface area (TPSA) is 85.0 Å². The van der Waals surface area contributed by atoms with Gasteiger partial charge in [-0.1, -0.05) is 23.7 Å². The molecule has 1 amide bonds. The first kappa shape index (κ1) is 26.6. The zero-order valence-electron chi connectivity index (χ0n) is 22.8. The second-order valence-corrected chi connectivity index (χ2v) is 11.6. The number of aryl methyl sites for hydroxylation is 1. The van der Waals surface area contributed by atoms with Gasteiger partial charge in [-0.05, 0) is 81.7 Å². The molecule has 1 aliphatic carbocycles. The highest BCUT2D eigenvalue weighted by atomic mass is 35.5. The van der Waals surface area contributed by atoms with Gasteiger partial charge in [-0.15, -0.1) is 0 Å². The zero-order valence-corrected chi connectivity index (χ0v) is 23.6. The Bertz CT molecular complexity index is 1550. The van der Waals surface area contributed by atoms with Gasteiger partial charge >= 0.3 is 5.69 Å². The van der Waals surface area contributed by atoms with Crippen molar-refractivity contribution in [3.05, 3.63) is 87.8 Å². The Morgan fingerprint density at radius 2 is 1.75 bits per heavy atom. The van der Waals surface area contributed by atoms with Crippen LogP contribution >= 0.6 is 11.6 Å². The summed E-state index contributed by atoms with van der Waals surface area (Å²) in [5.74, 6) is 0.275. The van der Waals surface area contributed by atoms with Crippen LogP contribution < -0.4 is 15.9 Å². The molecule has 1 saturated heterocycles. The van der Waals surface area contributed by atoms with Crippen molar-refractivity contribution in [1.29, 1.82) is 0 Å². The molecule has 1 saturated carbocycles. The predicted octanol–water partition coefficient (Wildman–Crippen LogP) is 5.39. The largest absolute Gasteiger partial charge is 0.370 e. The third-order valence-corrected chi connectivity index (χ3v) is 8.84. The van der Waals surface area contributed by atoms with Gasteiger partial charge in [0.05, 0.1) is 39.2 Å². The quantitative estimate of drug-likeness (QED) is 0.343. The summed E-state index contributed by atoms with van der Waals surface area (Å²) in [6.45, 7) is 4.34. The third-order valence-electron chi connectivity index (χ3n) is 8.63. The Hall–Kier alpha value is -3.65. The van der Waals surface area contributed by atoms with Crippen molar-refractivity contribution >= 4 is 34.2 Å². The van der Waals surface area contributed by atoms with E-state index in [9.17, 15) is 9.59 Å². The predicted molar refractivity (Wildman–Crippen MR) is 158 cm³/mol. The third kappa shape index (κ3) is 5.37. The van der Waals surface area contributed by atoms with Gasteiger partial charge in [0.25, 0.3) is 5.91 Å². The van der Waals surface area contributed by atoms with Crippen molar-refractivity contribution < 1.29 is 4.79 Å². The van der Waals surface area contributed by atoms with Crippen LogP contribution in [0.25, 0.3) is 11.0 Å². The fourth-order valence-corrected chi connectivity index (χ4v) is 6.59. The number of carbonyl (C=O) groups excluding carboxylic acids is 1. The summed E-state index contributed by atoms with van der Waals surface area (Å²) in [7, 11) is 0. The smallest absolute Gasteiger partial charge is 0.329 e. The molecule has 9 heteroatoms. The van der Waals surface area contributed by atoms with E-state index < -0.39 is 0 Å². The molecule has 0 spiro atoms. The molecule has 2 fully saturated rings. The Labute approximate surface area is 239 Å². The molecular weight excluding hydrogens is 524 g/mol. The number of nitrogens with one attached hydrogen (secondary N) is 1. The minimum Gasteiger partial charge on any atom is -0.370 e. The fourth-order valence-electron chi connectivity index (χ4n) is 6.43. The first-order valence-electron chi connectivity index (χ1n) is 14.3. The highest BCUT2D eigenvalue weighted by Gasteiger charge is 2.28. The summed E-state index contributed by atoms with van der Waals surface area (Å²) in [4.78, 5) is 37.5. The van der Waals surface area contributed by atoms with E-state index >= 15 is 0 Å². The number of nitrogens with zero attached hydrogens (tertiary/aromatic N) is 5. The molecule has 0 atom stereocenters. The van der Waals surface area contributed by atoms with Crippen molar-refractivity contribution in [3.63, 3.8) is 0 Å². The molecule has 0 bridgehead atoms. The van der Waals surface area contributed by atoms with E-state index in [1.54, 1.807) is 18.5 Å². The molecule has 0 radical (unpaired) electrons. The summed E-state index contributed by atoms with van der Waals surface area (Å²) >= 11 is 6.06. The van der Waals surface area contributed by atoms with Crippen molar-refractivity contribution in [1.82, 2.24) is 24.4 Å². The number of fused-ring (bicyclic) bond motifs is 1. The van der Waals surface area contributed by atoms with Crippen LogP contribution in [0, 0.1) is 12.8 Å². The maximum atomic E-state index is 13.9. The minimum absolute atomic E-state index is 0.0976.